The molecular weight excluding hydrogens is 402 g/mol. The Kier molecular flexibility index (Phi) is 6.00. The average Bonchev–Trinajstić information content (AvgIpc) is 3.07. The van der Waals surface area contributed by atoms with Crippen LogP contribution in [-0.4, -0.2) is 37.2 Å². The van der Waals surface area contributed by atoms with E-state index < -0.39 is 21.7 Å². The fraction of sp³-hybridized carbons (Fsp3) is 0.167. The second-order valence-corrected chi connectivity index (χ2v) is 9.07. The molecule has 0 saturated carbocycles. The standard InChI is InChI=1S/C18H17N3O5S2/c1-28(24,25)11-12-6-8-13(9-7-12)17(23)21-20-16(22)10-27-18-19-14-4-2-3-5-15(14)26-18/h2-9H,10-11H2,1H3,(H,20,22)(H,21,23). The quantitative estimate of drug-likeness (QED) is 0.463. The largest absolute Gasteiger partial charge is 0.431 e. The van der Waals surface area contributed by atoms with Gasteiger partial charge in [-0.3, -0.25) is 20.4 Å². The number of para-hydroxylation sites is 2. The number of benzene rings is 2. The average molecular weight is 419 g/mol. The minimum Gasteiger partial charge on any atom is -0.431 e. The van der Waals surface area contributed by atoms with Gasteiger partial charge < -0.3 is 4.42 Å². The Morgan fingerprint density at radius 1 is 1.07 bits per heavy atom. The molecule has 0 aliphatic carbocycles. The van der Waals surface area contributed by atoms with Crippen LogP contribution < -0.4 is 10.9 Å². The van der Waals surface area contributed by atoms with Gasteiger partial charge in [0.1, 0.15) is 5.52 Å². The summed E-state index contributed by atoms with van der Waals surface area (Å²) >= 11 is 1.11. The van der Waals surface area contributed by atoms with Crippen LogP contribution in [0.15, 0.2) is 58.2 Å². The summed E-state index contributed by atoms with van der Waals surface area (Å²) in [4.78, 5) is 28.2. The van der Waals surface area contributed by atoms with Crippen LogP contribution >= 0.6 is 11.8 Å². The molecule has 0 radical (unpaired) electrons. The van der Waals surface area contributed by atoms with Crippen LogP contribution in [0, 0.1) is 0 Å². The summed E-state index contributed by atoms with van der Waals surface area (Å²) < 4.78 is 28.0. The number of carbonyl (C=O) groups is 2. The summed E-state index contributed by atoms with van der Waals surface area (Å²) in [6, 6.07) is 13.4. The summed E-state index contributed by atoms with van der Waals surface area (Å²) in [5, 5.41) is 0.365. The Labute approximate surface area is 165 Å². The van der Waals surface area contributed by atoms with Crippen molar-refractivity contribution in [1.82, 2.24) is 15.8 Å². The van der Waals surface area contributed by atoms with Crippen molar-refractivity contribution in [2.45, 2.75) is 11.0 Å². The maximum atomic E-state index is 12.1. The molecule has 0 aliphatic rings. The molecule has 3 aromatic rings. The van der Waals surface area contributed by atoms with Crippen LogP contribution in [-0.2, 0) is 20.4 Å². The van der Waals surface area contributed by atoms with Gasteiger partial charge in [-0.1, -0.05) is 36.0 Å². The molecular formula is C18H17N3O5S2. The number of hydrazine groups is 1. The molecule has 1 heterocycles. The third kappa shape index (κ3) is 5.57. The molecule has 28 heavy (non-hydrogen) atoms. The van der Waals surface area contributed by atoms with Gasteiger partial charge in [-0.25, -0.2) is 13.4 Å². The lowest BCUT2D eigenvalue weighted by molar-refractivity contribution is -0.119. The molecule has 2 aromatic carbocycles. The number of rotatable bonds is 6. The molecule has 1 aromatic heterocycles. The normalized spacial score (nSPS) is 11.3. The number of oxazole rings is 1. The topological polar surface area (TPSA) is 118 Å². The van der Waals surface area contributed by atoms with Crippen LogP contribution in [0.5, 0.6) is 0 Å². The van der Waals surface area contributed by atoms with Gasteiger partial charge in [-0.05, 0) is 29.8 Å². The van der Waals surface area contributed by atoms with Gasteiger partial charge in [0.2, 0.25) is 5.91 Å². The molecule has 10 heteroatoms. The first-order valence-corrected chi connectivity index (χ1v) is 11.2. The number of fused-ring (bicyclic) bond motifs is 1. The predicted octanol–water partition coefficient (Wildman–Crippen LogP) is 1.93. The van der Waals surface area contributed by atoms with Crippen LogP contribution in [0.25, 0.3) is 11.1 Å². The fourth-order valence-corrected chi connectivity index (χ4v) is 3.77. The Morgan fingerprint density at radius 2 is 1.79 bits per heavy atom. The molecule has 8 nitrogen and oxygen atoms in total. The number of hydrogen-bond donors (Lipinski definition) is 2. The summed E-state index contributed by atoms with van der Waals surface area (Å²) in [5.41, 5.74) is 6.84. The van der Waals surface area contributed by atoms with Gasteiger partial charge in [0.25, 0.3) is 11.1 Å². The molecule has 3 rings (SSSR count). The third-order valence-electron chi connectivity index (χ3n) is 3.56. The smallest absolute Gasteiger partial charge is 0.269 e. The molecule has 2 N–H and O–H groups in total. The lowest BCUT2D eigenvalue weighted by Crippen LogP contribution is -2.42. The lowest BCUT2D eigenvalue weighted by Gasteiger charge is -2.07. The van der Waals surface area contributed by atoms with Gasteiger partial charge in [0.05, 0.1) is 11.5 Å². The minimum atomic E-state index is -3.14. The van der Waals surface area contributed by atoms with Crippen molar-refractivity contribution in [3.63, 3.8) is 0 Å². The Hall–Kier alpha value is -2.85. The van der Waals surface area contributed by atoms with Crippen molar-refractivity contribution >= 4 is 44.5 Å². The SMILES string of the molecule is CS(=O)(=O)Cc1ccc(C(=O)NNC(=O)CSc2nc3ccccc3o2)cc1. The molecule has 0 fully saturated rings. The van der Waals surface area contributed by atoms with Crippen molar-refractivity contribution in [2.75, 3.05) is 12.0 Å². The molecule has 146 valence electrons. The summed E-state index contributed by atoms with van der Waals surface area (Å²) in [6.07, 6.45) is 1.14. The number of nitrogens with one attached hydrogen (secondary N) is 2. The second kappa shape index (κ2) is 8.44. The summed E-state index contributed by atoms with van der Waals surface area (Å²) in [6.45, 7) is 0. The van der Waals surface area contributed by atoms with Crippen molar-refractivity contribution in [3.8, 4) is 0 Å². The van der Waals surface area contributed by atoms with Crippen LogP contribution in [0.2, 0.25) is 0 Å². The fourth-order valence-electron chi connectivity index (χ4n) is 2.33. The van der Waals surface area contributed by atoms with Crippen LogP contribution in [0.3, 0.4) is 0 Å². The van der Waals surface area contributed by atoms with Gasteiger partial charge >= 0.3 is 0 Å². The molecule has 0 saturated heterocycles. The van der Waals surface area contributed by atoms with E-state index in [9.17, 15) is 18.0 Å². The molecule has 0 spiro atoms. The Bertz CT molecular complexity index is 1070. The van der Waals surface area contributed by atoms with E-state index in [0.717, 1.165) is 18.0 Å². The maximum absolute atomic E-state index is 12.1. The van der Waals surface area contributed by atoms with E-state index in [4.69, 9.17) is 4.42 Å². The van der Waals surface area contributed by atoms with Crippen molar-refractivity contribution < 1.29 is 22.4 Å². The van der Waals surface area contributed by atoms with Gasteiger partial charge in [-0.2, -0.15) is 0 Å². The van der Waals surface area contributed by atoms with Crippen molar-refractivity contribution in [1.29, 1.82) is 0 Å². The monoisotopic (exact) mass is 419 g/mol. The van der Waals surface area contributed by atoms with E-state index in [1.807, 2.05) is 18.2 Å². The summed E-state index contributed by atoms with van der Waals surface area (Å²) in [5.74, 6) is -1.01. The van der Waals surface area contributed by atoms with E-state index >= 15 is 0 Å². The first-order chi connectivity index (χ1) is 13.3. The number of sulfone groups is 1. The summed E-state index contributed by atoms with van der Waals surface area (Å²) in [7, 11) is -3.14. The van der Waals surface area contributed by atoms with Crippen LogP contribution in [0.1, 0.15) is 15.9 Å². The predicted molar refractivity (Wildman–Crippen MR) is 105 cm³/mol. The number of carbonyl (C=O) groups excluding carboxylic acids is 2. The van der Waals surface area contributed by atoms with E-state index in [2.05, 4.69) is 15.8 Å². The van der Waals surface area contributed by atoms with E-state index in [-0.39, 0.29) is 11.5 Å². The molecule has 0 unspecified atom stereocenters. The minimum absolute atomic E-state index is 0.0143. The number of thioether (sulfide) groups is 1. The second-order valence-electron chi connectivity index (χ2n) is 6.01. The highest BCUT2D eigenvalue weighted by Crippen LogP contribution is 2.22. The zero-order chi connectivity index (χ0) is 20.1. The number of hydrogen-bond acceptors (Lipinski definition) is 7. The zero-order valence-corrected chi connectivity index (χ0v) is 16.5. The Morgan fingerprint density at radius 3 is 2.46 bits per heavy atom. The maximum Gasteiger partial charge on any atom is 0.269 e. The molecule has 0 atom stereocenters. The van der Waals surface area contributed by atoms with E-state index in [1.165, 1.54) is 12.1 Å². The van der Waals surface area contributed by atoms with Crippen molar-refractivity contribution in [3.05, 3.63) is 59.7 Å². The molecule has 0 aliphatic heterocycles. The van der Waals surface area contributed by atoms with Gasteiger partial charge in [0, 0.05) is 11.8 Å². The third-order valence-corrected chi connectivity index (χ3v) is 5.25. The van der Waals surface area contributed by atoms with E-state index in [0.29, 0.717) is 27.4 Å². The Balaban J connectivity index is 1.47. The van der Waals surface area contributed by atoms with Gasteiger partial charge in [-0.15, -0.1) is 0 Å². The number of aromatic nitrogens is 1. The highest BCUT2D eigenvalue weighted by molar-refractivity contribution is 7.99. The van der Waals surface area contributed by atoms with Gasteiger partial charge in [0.15, 0.2) is 15.4 Å². The lowest BCUT2D eigenvalue weighted by atomic mass is 10.1. The number of nitrogens with zero attached hydrogens (tertiary/aromatic N) is 1. The molecule has 0 bridgehead atoms. The first-order valence-electron chi connectivity index (χ1n) is 8.14. The van der Waals surface area contributed by atoms with Crippen LogP contribution in [0.4, 0.5) is 0 Å². The van der Waals surface area contributed by atoms with Crippen molar-refractivity contribution in [2.24, 2.45) is 0 Å². The zero-order valence-electron chi connectivity index (χ0n) is 14.8. The highest BCUT2D eigenvalue weighted by atomic mass is 32.2. The molecule has 2 amide bonds. The number of amides is 2. The first kappa shape index (κ1) is 19.9. The highest BCUT2D eigenvalue weighted by Gasteiger charge is 2.11. The van der Waals surface area contributed by atoms with E-state index in [1.54, 1.807) is 18.2 Å².